The van der Waals surface area contributed by atoms with Crippen LogP contribution in [0.3, 0.4) is 0 Å². The molecule has 2 aromatic heterocycles. The highest BCUT2D eigenvalue weighted by Crippen LogP contribution is 2.26. The van der Waals surface area contributed by atoms with Crippen molar-refractivity contribution in [1.82, 2.24) is 19.7 Å². The molecule has 2 aromatic rings. The van der Waals surface area contributed by atoms with Crippen molar-refractivity contribution in [2.75, 3.05) is 31.6 Å². The van der Waals surface area contributed by atoms with Gasteiger partial charge < -0.3 is 0 Å². The molecule has 1 aliphatic rings. The number of likely N-dealkylation sites (tertiary alicyclic amines) is 1. The van der Waals surface area contributed by atoms with Gasteiger partial charge in [0.1, 0.15) is 0 Å². The Kier molecular flexibility index (Phi) is 4.54. The lowest BCUT2D eigenvalue weighted by atomic mass is 9.94. The Morgan fingerprint density at radius 3 is 2.82 bits per heavy atom. The quantitative estimate of drug-likeness (QED) is 0.861. The Hall–Kier alpha value is -1.73. The van der Waals surface area contributed by atoms with E-state index in [0.29, 0.717) is 12.5 Å². The number of aromatic nitrogens is 3. The maximum atomic E-state index is 12.3. The lowest BCUT2D eigenvalue weighted by molar-refractivity contribution is -0.119. The van der Waals surface area contributed by atoms with Gasteiger partial charge in [-0.1, -0.05) is 0 Å². The third-order valence-electron chi connectivity index (χ3n) is 4.18. The lowest BCUT2D eigenvalue weighted by Crippen LogP contribution is -2.42. The number of anilines is 1. The lowest BCUT2D eigenvalue weighted by Gasteiger charge is -2.31. The summed E-state index contributed by atoms with van der Waals surface area (Å²) in [5.74, 6) is 0.621. The molecule has 1 amide bonds. The van der Waals surface area contributed by atoms with Crippen LogP contribution in [0, 0.1) is 0 Å². The van der Waals surface area contributed by atoms with Crippen LogP contribution in [-0.2, 0) is 11.8 Å². The van der Waals surface area contributed by atoms with Crippen molar-refractivity contribution in [2.45, 2.75) is 18.8 Å². The number of hydrogen-bond donors (Lipinski definition) is 0. The van der Waals surface area contributed by atoms with Crippen molar-refractivity contribution >= 4 is 22.4 Å². The van der Waals surface area contributed by atoms with E-state index in [9.17, 15) is 4.79 Å². The van der Waals surface area contributed by atoms with Crippen LogP contribution in [-0.4, -0.2) is 52.3 Å². The number of carbonyl (C=O) groups is 1. The van der Waals surface area contributed by atoms with E-state index >= 15 is 0 Å². The Labute approximate surface area is 134 Å². The van der Waals surface area contributed by atoms with E-state index in [1.54, 1.807) is 18.1 Å². The van der Waals surface area contributed by atoms with Crippen LogP contribution in [0.5, 0.6) is 0 Å². The number of carbonyl (C=O) groups excluding carboxylic acids is 1. The average molecular weight is 319 g/mol. The van der Waals surface area contributed by atoms with Gasteiger partial charge in [-0.05, 0) is 32.0 Å². The summed E-state index contributed by atoms with van der Waals surface area (Å²) < 4.78 is 1.86. The fourth-order valence-corrected chi connectivity index (χ4v) is 3.45. The maximum absolute atomic E-state index is 12.3. The normalized spacial score (nSPS) is 16.8. The van der Waals surface area contributed by atoms with Gasteiger partial charge >= 0.3 is 0 Å². The van der Waals surface area contributed by atoms with Gasteiger partial charge in [-0.2, -0.15) is 5.10 Å². The van der Waals surface area contributed by atoms with Gasteiger partial charge in [0.25, 0.3) is 0 Å². The van der Waals surface area contributed by atoms with Crippen molar-refractivity contribution in [3.63, 3.8) is 0 Å². The fourth-order valence-electron chi connectivity index (χ4n) is 2.82. The summed E-state index contributed by atoms with van der Waals surface area (Å²) >= 11 is 1.49. The second-order valence-electron chi connectivity index (χ2n) is 5.73. The maximum Gasteiger partial charge on any atom is 0.242 e. The van der Waals surface area contributed by atoms with Gasteiger partial charge in [-0.15, -0.1) is 11.3 Å². The first kappa shape index (κ1) is 15.2. The monoisotopic (exact) mass is 319 g/mol. The topological polar surface area (TPSA) is 54.3 Å². The van der Waals surface area contributed by atoms with E-state index < -0.39 is 0 Å². The molecular weight excluding hydrogens is 298 g/mol. The first-order valence-corrected chi connectivity index (χ1v) is 8.39. The summed E-state index contributed by atoms with van der Waals surface area (Å²) in [6.07, 6.45) is 5.84. The largest absolute Gasteiger partial charge is 0.294 e. The van der Waals surface area contributed by atoms with Crippen LogP contribution >= 0.6 is 11.3 Å². The van der Waals surface area contributed by atoms with Crippen LogP contribution in [0.1, 0.15) is 24.5 Å². The van der Waals surface area contributed by atoms with Crippen molar-refractivity contribution in [2.24, 2.45) is 7.05 Å². The molecule has 3 heterocycles. The van der Waals surface area contributed by atoms with E-state index in [0.717, 1.165) is 31.1 Å². The molecule has 0 saturated carbocycles. The molecule has 1 fully saturated rings. The molecule has 118 valence electrons. The third-order valence-corrected chi connectivity index (χ3v) is 5.03. The van der Waals surface area contributed by atoms with Gasteiger partial charge in [0.2, 0.25) is 5.91 Å². The number of aryl methyl sites for hydroxylation is 1. The van der Waals surface area contributed by atoms with E-state index in [1.165, 1.54) is 17.0 Å². The molecule has 0 radical (unpaired) electrons. The molecule has 7 heteroatoms. The number of amides is 1. The minimum Gasteiger partial charge on any atom is -0.294 e. The SMILES string of the molecule is CN(C(=O)CN1CCC(c2ccn(C)n2)CC1)c1nccs1. The van der Waals surface area contributed by atoms with Gasteiger partial charge in [0, 0.05) is 37.8 Å². The molecule has 3 rings (SSSR count). The molecule has 1 aliphatic heterocycles. The van der Waals surface area contributed by atoms with E-state index in [2.05, 4.69) is 21.0 Å². The molecule has 1 saturated heterocycles. The van der Waals surface area contributed by atoms with Crippen LogP contribution in [0.4, 0.5) is 5.13 Å². The summed E-state index contributed by atoms with van der Waals surface area (Å²) in [4.78, 5) is 20.4. The van der Waals surface area contributed by atoms with Gasteiger partial charge in [-0.3, -0.25) is 19.3 Å². The predicted octanol–water partition coefficient (Wildman–Crippen LogP) is 1.72. The number of piperidine rings is 1. The second kappa shape index (κ2) is 6.58. The van der Waals surface area contributed by atoms with E-state index in [1.807, 2.05) is 23.3 Å². The number of nitrogens with zero attached hydrogens (tertiary/aromatic N) is 5. The first-order valence-electron chi connectivity index (χ1n) is 7.51. The molecular formula is C15H21N5OS. The Balaban J connectivity index is 1.50. The Morgan fingerprint density at radius 1 is 1.45 bits per heavy atom. The highest BCUT2D eigenvalue weighted by molar-refractivity contribution is 7.13. The van der Waals surface area contributed by atoms with Gasteiger partial charge in [-0.25, -0.2) is 4.98 Å². The predicted molar refractivity (Wildman–Crippen MR) is 87.1 cm³/mol. The summed E-state index contributed by atoms with van der Waals surface area (Å²) in [5.41, 5.74) is 1.17. The van der Waals surface area contributed by atoms with Crippen LogP contribution in [0.15, 0.2) is 23.8 Å². The first-order chi connectivity index (χ1) is 10.6. The molecule has 0 unspecified atom stereocenters. The zero-order valence-electron chi connectivity index (χ0n) is 13.0. The second-order valence-corrected chi connectivity index (χ2v) is 6.61. The standard InChI is InChI=1S/C15H21N5OS/c1-18-7-5-13(17-18)12-3-8-20(9-4-12)11-14(21)19(2)15-16-6-10-22-15/h5-7,10,12H,3-4,8-9,11H2,1-2H3. The molecule has 6 nitrogen and oxygen atoms in total. The minimum absolute atomic E-state index is 0.103. The van der Waals surface area contributed by atoms with Gasteiger partial charge in [0.05, 0.1) is 12.2 Å². The number of likely N-dealkylation sites (N-methyl/N-ethyl adjacent to an activating group) is 1. The molecule has 0 spiro atoms. The fraction of sp³-hybridized carbons (Fsp3) is 0.533. The van der Waals surface area contributed by atoms with Crippen LogP contribution < -0.4 is 4.90 Å². The molecule has 0 N–H and O–H groups in total. The molecule has 22 heavy (non-hydrogen) atoms. The highest BCUT2D eigenvalue weighted by atomic mass is 32.1. The summed E-state index contributed by atoms with van der Waals surface area (Å²) in [6.45, 7) is 2.35. The Bertz CT molecular complexity index is 616. The zero-order chi connectivity index (χ0) is 15.5. The molecule has 0 aromatic carbocycles. The van der Waals surface area contributed by atoms with Crippen molar-refractivity contribution in [1.29, 1.82) is 0 Å². The molecule has 0 aliphatic carbocycles. The van der Waals surface area contributed by atoms with E-state index in [4.69, 9.17) is 0 Å². The molecule has 0 atom stereocenters. The van der Waals surface area contributed by atoms with Crippen molar-refractivity contribution < 1.29 is 4.79 Å². The highest BCUT2D eigenvalue weighted by Gasteiger charge is 2.24. The van der Waals surface area contributed by atoms with Crippen LogP contribution in [0.25, 0.3) is 0 Å². The average Bonchev–Trinajstić information content (AvgIpc) is 3.18. The number of thiazole rings is 1. The minimum atomic E-state index is 0.103. The Morgan fingerprint density at radius 2 is 2.23 bits per heavy atom. The van der Waals surface area contributed by atoms with Crippen LogP contribution in [0.2, 0.25) is 0 Å². The van der Waals surface area contributed by atoms with Gasteiger partial charge in [0.15, 0.2) is 5.13 Å². The summed E-state index contributed by atoms with van der Waals surface area (Å²) in [5, 5.41) is 7.14. The van der Waals surface area contributed by atoms with Crippen molar-refractivity contribution in [3.05, 3.63) is 29.5 Å². The molecule has 0 bridgehead atoms. The summed E-state index contributed by atoms with van der Waals surface area (Å²) in [6, 6.07) is 2.10. The van der Waals surface area contributed by atoms with Crippen molar-refractivity contribution in [3.8, 4) is 0 Å². The number of hydrogen-bond acceptors (Lipinski definition) is 5. The summed E-state index contributed by atoms with van der Waals surface area (Å²) in [7, 11) is 3.74. The third kappa shape index (κ3) is 3.36. The van der Waals surface area contributed by atoms with E-state index in [-0.39, 0.29) is 5.91 Å². The zero-order valence-corrected chi connectivity index (χ0v) is 13.8. The smallest absolute Gasteiger partial charge is 0.242 e. The number of rotatable bonds is 4.